The Bertz CT molecular complexity index is 1180. The Morgan fingerprint density at radius 2 is 2.00 bits per heavy atom. The summed E-state index contributed by atoms with van der Waals surface area (Å²) in [4.78, 5) is 33.6. The Balaban J connectivity index is 1.68. The summed E-state index contributed by atoms with van der Waals surface area (Å²) in [5, 5.41) is 4.59. The summed E-state index contributed by atoms with van der Waals surface area (Å²) in [6.45, 7) is 2.50. The zero-order valence-electron chi connectivity index (χ0n) is 15.6. The number of amides is 1. The minimum Gasteiger partial charge on any atom is -0.340 e. The van der Waals surface area contributed by atoms with Gasteiger partial charge in [-0.2, -0.15) is 11.3 Å². The molecule has 0 unspecified atom stereocenters. The summed E-state index contributed by atoms with van der Waals surface area (Å²) in [5.41, 5.74) is 2.81. The first-order chi connectivity index (χ1) is 13.5. The van der Waals surface area contributed by atoms with Gasteiger partial charge >= 0.3 is 0 Å². The molecule has 0 bridgehead atoms. The number of nitrogens with zero attached hydrogens (tertiary/aromatic N) is 3. The van der Waals surface area contributed by atoms with E-state index >= 15 is 0 Å². The Hall–Kier alpha value is -2.77. The third-order valence-electron chi connectivity index (χ3n) is 4.65. The van der Waals surface area contributed by atoms with Crippen LogP contribution in [0.3, 0.4) is 0 Å². The second-order valence-electron chi connectivity index (χ2n) is 6.64. The van der Waals surface area contributed by atoms with E-state index in [1.807, 2.05) is 54.1 Å². The fraction of sp³-hybridized carbons (Fsp3) is 0.190. The number of benzene rings is 1. The van der Waals surface area contributed by atoms with Crippen molar-refractivity contribution in [3.05, 3.63) is 74.3 Å². The number of carbonyl (C=O) groups is 1. The first-order valence-corrected chi connectivity index (χ1v) is 10.6. The van der Waals surface area contributed by atoms with Gasteiger partial charge in [0.25, 0.3) is 5.56 Å². The molecule has 0 aliphatic rings. The lowest BCUT2D eigenvalue weighted by Crippen LogP contribution is -2.33. The summed E-state index contributed by atoms with van der Waals surface area (Å²) in [5.74, 6) is -0.123. The topological polar surface area (TPSA) is 55.2 Å². The molecule has 0 spiro atoms. The molecule has 28 heavy (non-hydrogen) atoms. The van der Waals surface area contributed by atoms with Gasteiger partial charge in [0.05, 0.1) is 11.7 Å². The van der Waals surface area contributed by atoms with E-state index in [0.29, 0.717) is 16.8 Å². The van der Waals surface area contributed by atoms with Crippen molar-refractivity contribution in [2.75, 3.05) is 7.05 Å². The first kappa shape index (κ1) is 18.6. The van der Waals surface area contributed by atoms with Gasteiger partial charge in [-0.15, -0.1) is 11.3 Å². The Morgan fingerprint density at radius 1 is 1.21 bits per heavy atom. The number of hydrogen-bond acceptors (Lipinski definition) is 5. The van der Waals surface area contributed by atoms with E-state index in [0.717, 1.165) is 21.6 Å². The zero-order valence-corrected chi connectivity index (χ0v) is 17.2. The largest absolute Gasteiger partial charge is 0.340 e. The molecule has 4 rings (SSSR count). The molecule has 5 nitrogen and oxygen atoms in total. The van der Waals surface area contributed by atoms with Crippen LogP contribution in [0.15, 0.2) is 58.3 Å². The molecular weight excluding hydrogens is 390 g/mol. The maximum absolute atomic E-state index is 13.2. The van der Waals surface area contributed by atoms with Gasteiger partial charge in [0, 0.05) is 24.0 Å². The molecule has 0 aliphatic heterocycles. The van der Waals surface area contributed by atoms with E-state index in [4.69, 9.17) is 0 Å². The van der Waals surface area contributed by atoms with Crippen LogP contribution in [0.5, 0.6) is 0 Å². The highest BCUT2D eigenvalue weighted by atomic mass is 32.1. The lowest BCUT2D eigenvalue weighted by molar-refractivity contribution is -0.131. The normalized spacial score (nSPS) is 11.1. The highest BCUT2D eigenvalue weighted by Crippen LogP contribution is 2.35. The molecule has 1 amide bonds. The van der Waals surface area contributed by atoms with Crippen molar-refractivity contribution in [1.29, 1.82) is 0 Å². The van der Waals surface area contributed by atoms with Gasteiger partial charge in [0.1, 0.15) is 11.4 Å². The average molecular weight is 410 g/mol. The number of hydrogen-bond donors (Lipinski definition) is 0. The van der Waals surface area contributed by atoms with E-state index in [1.165, 1.54) is 22.2 Å². The monoisotopic (exact) mass is 409 g/mol. The molecule has 0 N–H and O–H groups in total. The minimum absolute atomic E-state index is 0.0223. The highest BCUT2D eigenvalue weighted by molar-refractivity contribution is 7.19. The number of likely N-dealkylation sites (N-methyl/N-ethyl adjacent to an activating group) is 1. The molecule has 0 radical (unpaired) electrons. The molecule has 0 aliphatic carbocycles. The number of carbonyl (C=O) groups excluding carboxylic acids is 1. The highest BCUT2D eigenvalue weighted by Gasteiger charge is 2.18. The minimum atomic E-state index is -0.175. The van der Waals surface area contributed by atoms with Crippen molar-refractivity contribution < 1.29 is 4.79 Å². The van der Waals surface area contributed by atoms with Crippen molar-refractivity contribution in [3.63, 3.8) is 0 Å². The molecule has 3 aromatic heterocycles. The van der Waals surface area contributed by atoms with Gasteiger partial charge in [0.2, 0.25) is 5.91 Å². The number of thiophene rings is 2. The molecule has 4 aromatic rings. The van der Waals surface area contributed by atoms with Crippen LogP contribution in [0.1, 0.15) is 10.4 Å². The van der Waals surface area contributed by atoms with E-state index in [2.05, 4.69) is 4.98 Å². The predicted octanol–water partition coefficient (Wildman–Crippen LogP) is 4.15. The maximum Gasteiger partial charge on any atom is 0.263 e. The van der Waals surface area contributed by atoms with Crippen molar-refractivity contribution in [2.24, 2.45) is 0 Å². The standard InChI is InChI=1S/C21H19N3O2S2/c1-14-18(16-6-4-3-5-7-16)19-20(28-14)22-13-24(21(19)26)11-17(25)23(2)10-15-8-9-27-12-15/h3-9,12-13H,10-11H2,1-2H3. The van der Waals surface area contributed by atoms with Crippen LogP contribution in [-0.2, 0) is 17.9 Å². The van der Waals surface area contributed by atoms with Crippen LogP contribution < -0.4 is 5.56 Å². The van der Waals surface area contributed by atoms with Gasteiger partial charge in [-0.1, -0.05) is 30.3 Å². The van der Waals surface area contributed by atoms with Crippen LogP contribution in [0.2, 0.25) is 0 Å². The Morgan fingerprint density at radius 3 is 2.71 bits per heavy atom. The number of aromatic nitrogens is 2. The summed E-state index contributed by atoms with van der Waals surface area (Å²) < 4.78 is 1.41. The Kier molecular flexibility index (Phi) is 5.11. The van der Waals surface area contributed by atoms with E-state index in [9.17, 15) is 9.59 Å². The van der Waals surface area contributed by atoms with Crippen molar-refractivity contribution in [1.82, 2.24) is 14.5 Å². The maximum atomic E-state index is 13.2. The van der Waals surface area contributed by atoms with Crippen LogP contribution in [0, 0.1) is 6.92 Å². The molecule has 3 heterocycles. The zero-order chi connectivity index (χ0) is 19.7. The molecule has 7 heteroatoms. The molecule has 0 atom stereocenters. The fourth-order valence-electron chi connectivity index (χ4n) is 3.21. The quantitative estimate of drug-likeness (QED) is 0.497. The third-order valence-corrected chi connectivity index (χ3v) is 6.39. The van der Waals surface area contributed by atoms with E-state index < -0.39 is 0 Å². The molecule has 142 valence electrons. The SMILES string of the molecule is Cc1sc2ncn(CC(=O)N(C)Cc3ccsc3)c(=O)c2c1-c1ccccc1. The summed E-state index contributed by atoms with van der Waals surface area (Å²) in [6, 6.07) is 11.8. The molecule has 0 fully saturated rings. The predicted molar refractivity (Wildman–Crippen MR) is 115 cm³/mol. The second kappa shape index (κ2) is 7.69. The molecule has 1 aromatic carbocycles. The average Bonchev–Trinajstić information content (AvgIpc) is 3.32. The van der Waals surface area contributed by atoms with Gasteiger partial charge in [-0.05, 0) is 34.9 Å². The van der Waals surface area contributed by atoms with Gasteiger partial charge < -0.3 is 4.90 Å². The van der Waals surface area contributed by atoms with Gasteiger partial charge in [-0.25, -0.2) is 4.98 Å². The van der Waals surface area contributed by atoms with Crippen molar-refractivity contribution in [2.45, 2.75) is 20.0 Å². The first-order valence-electron chi connectivity index (χ1n) is 8.83. The van der Waals surface area contributed by atoms with Crippen LogP contribution in [-0.4, -0.2) is 27.4 Å². The van der Waals surface area contributed by atoms with Crippen molar-refractivity contribution >= 4 is 38.8 Å². The Labute approximate surface area is 170 Å². The lowest BCUT2D eigenvalue weighted by atomic mass is 10.0. The van der Waals surface area contributed by atoms with Crippen LogP contribution in [0.4, 0.5) is 0 Å². The molecular formula is C21H19N3O2S2. The van der Waals surface area contributed by atoms with Crippen LogP contribution in [0.25, 0.3) is 21.3 Å². The smallest absolute Gasteiger partial charge is 0.263 e. The lowest BCUT2D eigenvalue weighted by Gasteiger charge is -2.17. The van der Waals surface area contributed by atoms with E-state index in [-0.39, 0.29) is 18.0 Å². The fourth-order valence-corrected chi connectivity index (χ4v) is 4.88. The third kappa shape index (κ3) is 3.50. The number of fused-ring (bicyclic) bond motifs is 1. The molecule has 0 saturated heterocycles. The van der Waals surface area contributed by atoms with Gasteiger partial charge in [0.15, 0.2) is 0 Å². The number of rotatable bonds is 5. The number of aryl methyl sites for hydroxylation is 1. The molecule has 0 saturated carbocycles. The second-order valence-corrected chi connectivity index (χ2v) is 8.62. The summed E-state index contributed by atoms with van der Waals surface area (Å²) in [7, 11) is 1.75. The summed E-state index contributed by atoms with van der Waals surface area (Å²) >= 11 is 3.11. The summed E-state index contributed by atoms with van der Waals surface area (Å²) in [6.07, 6.45) is 1.48. The van der Waals surface area contributed by atoms with Crippen LogP contribution >= 0.6 is 22.7 Å². The van der Waals surface area contributed by atoms with Crippen molar-refractivity contribution in [3.8, 4) is 11.1 Å². The van der Waals surface area contributed by atoms with Gasteiger partial charge in [-0.3, -0.25) is 14.2 Å². The van der Waals surface area contributed by atoms with E-state index in [1.54, 1.807) is 23.3 Å².